The van der Waals surface area contributed by atoms with Crippen molar-refractivity contribution in [3.05, 3.63) is 100 Å². The Morgan fingerprint density at radius 2 is 1.61 bits per heavy atom. The normalized spacial score (nSPS) is 12.0. The largest absolute Gasteiger partial charge is 0.357 e. The zero-order valence-electron chi connectivity index (χ0n) is 19.9. The molecule has 0 radical (unpaired) electrons. The van der Waals surface area contributed by atoms with Crippen molar-refractivity contribution in [3.63, 3.8) is 0 Å². The van der Waals surface area contributed by atoms with Crippen molar-refractivity contribution >= 4 is 43.5 Å². The maximum atomic E-state index is 14.5. The summed E-state index contributed by atoms with van der Waals surface area (Å²) in [6.45, 7) is -0.631. The number of carbonyl (C=O) groups is 2. The van der Waals surface area contributed by atoms with Crippen molar-refractivity contribution < 1.29 is 22.4 Å². The Kier molecular flexibility index (Phi) is 9.22. The Balaban J connectivity index is 2.04. The van der Waals surface area contributed by atoms with Crippen LogP contribution >= 0.6 is 15.9 Å². The average molecular weight is 576 g/mol. The molecule has 3 aromatic rings. The summed E-state index contributed by atoms with van der Waals surface area (Å²) in [6, 6.07) is 20.9. The third kappa shape index (κ3) is 7.14. The number of rotatable bonds is 10. The van der Waals surface area contributed by atoms with Crippen LogP contribution in [0.1, 0.15) is 11.1 Å². The van der Waals surface area contributed by atoms with Gasteiger partial charge in [-0.05, 0) is 35.4 Å². The van der Waals surface area contributed by atoms with Gasteiger partial charge in [0.2, 0.25) is 21.8 Å². The van der Waals surface area contributed by atoms with Crippen molar-refractivity contribution in [2.75, 3.05) is 24.2 Å². The first kappa shape index (κ1) is 27.3. The molecule has 0 unspecified atom stereocenters. The molecule has 36 heavy (non-hydrogen) atoms. The topological polar surface area (TPSA) is 86.8 Å². The fourth-order valence-corrected chi connectivity index (χ4v) is 5.10. The van der Waals surface area contributed by atoms with E-state index in [1.54, 1.807) is 12.1 Å². The van der Waals surface area contributed by atoms with E-state index in [0.29, 0.717) is 0 Å². The minimum Gasteiger partial charge on any atom is -0.357 e. The monoisotopic (exact) mass is 575 g/mol. The first-order chi connectivity index (χ1) is 17.1. The molecule has 0 spiro atoms. The molecule has 2 amide bonds. The van der Waals surface area contributed by atoms with Crippen molar-refractivity contribution in [2.45, 2.75) is 19.0 Å². The van der Waals surface area contributed by atoms with E-state index in [1.165, 1.54) is 30.1 Å². The van der Waals surface area contributed by atoms with Crippen molar-refractivity contribution in [3.8, 4) is 0 Å². The fraction of sp³-hybridized carbons (Fsp3) is 0.231. The van der Waals surface area contributed by atoms with Gasteiger partial charge in [0.1, 0.15) is 18.4 Å². The van der Waals surface area contributed by atoms with E-state index in [4.69, 9.17) is 0 Å². The van der Waals surface area contributed by atoms with Crippen molar-refractivity contribution in [1.29, 1.82) is 0 Å². The highest BCUT2D eigenvalue weighted by Crippen LogP contribution is 2.23. The van der Waals surface area contributed by atoms with Crippen LogP contribution in [0, 0.1) is 5.82 Å². The summed E-state index contributed by atoms with van der Waals surface area (Å²) in [7, 11) is -2.54. The summed E-state index contributed by atoms with van der Waals surface area (Å²) < 4.78 is 41.3. The van der Waals surface area contributed by atoms with Gasteiger partial charge >= 0.3 is 0 Å². The number of benzene rings is 3. The molecule has 0 aliphatic rings. The zero-order valence-corrected chi connectivity index (χ0v) is 22.3. The van der Waals surface area contributed by atoms with Crippen LogP contribution in [-0.2, 0) is 32.6 Å². The smallest absolute Gasteiger partial charge is 0.244 e. The lowest BCUT2D eigenvalue weighted by atomic mass is 10.0. The molecule has 0 saturated carbocycles. The predicted molar refractivity (Wildman–Crippen MR) is 141 cm³/mol. The standard InChI is InChI=1S/C26H27BrFN3O4S/c1-29-26(33)24(16-19-9-4-3-5-10-19)30(17-20-11-8-12-21(27)15-20)25(32)18-31(36(2,34)35)23-14-7-6-13-22(23)28/h3-15,24H,16-18H2,1-2H3,(H,29,33)/t24-/m0/s1. The summed E-state index contributed by atoms with van der Waals surface area (Å²) in [6.07, 6.45) is 1.12. The van der Waals surface area contributed by atoms with E-state index in [-0.39, 0.29) is 18.7 Å². The van der Waals surface area contributed by atoms with Gasteiger partial charge in [-0.15, -0.1) is 0 Å². The SMILES string of the molecule is CNC(=O)[C@H](Cc1ccccc1)N(Cc1cccc(Br)c1)C(=O)CN(c1ccccc1F)S(C)(=O)=O. The van der Waals surface area contributed by atoms with Crippen LogP contribution in [0.4, 0.5) is 10.1 Å². The maximum Gasteiger partial charge on any atom is 0.244 e. The van der Waals surface area contributed by atoms with Crippen LogP contribution in [0.3, 0.4) is 0 Å². The Labute approximate surface area is 219 Å². The number of hydrogen-bond donors (Lipinski definition) is 1. The Morgan fingerprint density at radius 3 is 2.22 bits per heavy atom. The summed E-state index contributed by atoms with van der Waals surface area (Å²) >= 11 is 3.42. The number of likely N-dealkylation sites (N-methyl/N-ethyl adjacent to an activating group) is 1. The third-order valence-electron chi connectivity index (χ3n) is 5.56. The number of nitrogens with zero attached hydrogens (tertiary/aromatic N) is 2. The summed E-state index contributed by atoms with van der Waals surface area (Å²) in [5, 5.41) is 2.61. The Hall–Kier alpha value is -3.24. The molecule has 190 valence electrons. The minimum atomic E-state index is -4.02. The third-order valence-corrected chi connectivity index (χ3v) is 7.18. The molecule has 3 rings (SSSR count). The van der Waals surface area contributed by atoms with Gasteiger partial charge in [0.05, 0.1) is 11.9 Å². The lowest BCUT2D eigenvalue weighted by Gasteiger charge is -2.33. The number of hydrogen-bond acceptors (Lipinski definition) is 4. The summed E-state index contributed by atoms with van der Waals surface area (Å²) in [5.41, 5.74) is 1.32. The number of carbonyl (C=O) groups excluding carboxylic acids is 2. The van der Waals surface area contributed by atoms with E-state index in [9.17, 15) is 22.4 Å². The molecule has 7 nitrogen and oxygen atoms in total. The highest BCUT2D eigenvalue weighted by molar-refractivity contribution is 9.10. The van der Waals surface area contributed by atoms with Crippen LogP contribution in [0.25, 0.3) is 0 Å². The van der Waals surface area contributed by atoms with Gasteiger partial charge in [0, 0.05) is 24.5 Å². The lowest BCUT2D eigenvalue weighted by molar-refractivity contribution is -0.139. The van der Waals surface area contributed by atoms with E-state index in [0.717, 1.165) is 32.2 Å². The average Bonchev–Trinajstić information content (AvgIpc) is 2.84. The summed E-state index contributed by atoms with van der Waals surface area (Å²) in [5.74, 6) is -1.83. The second-order valence-electron chi connectivity index (χ2n) is 8.19. The molecule has 1 atom stereocenters. The molecule has 0 aliphatic heterocycles. The van der Waals surface area contributed by atoms with Crippen molar-refractivity contribution in [1.82, 2.24) is 10.2 Å². The van der Waals surface area contributed by atoms with E-state index >= 15 is 0 Å². The van der Waals surface area contributed by atoms with E-state index < -0.39 is 40.2 Å². The van der Waals surface area contributed by atoms with Crippen LogP contribution in [-0.4, -0.2) is 51.0 Å². The van der Waals surface area contributed by atoms with E-state index in [2.05, 4.69) is 21.2 Å². The number of halogens is 2. The van der Waals surface area contributed by atoms with Gasteiger partial charge in [0.25, 0.3) is 0 Å². The molecule has 0 heterocycles. The molecule has 0 bridgehead atoms. The van der Waals surface area contributed by atoms with Gasteiger partial charge in [-0.2, -0.15) is 0 Å². The van der Waals surface area contributed by atoms with Gasteiger partial charge in [-0.1, -0.05) is 70.5 Å². The first-order valence-electron chi connectivity index (χ1n) is 11.1. The highest BCUT2D eigenvalue weighted by atomic mass is 79.9. The predicted octanol–water partition coefficient (Wildman–Crippen LogP) is 3.74. The lowest BCUT2D eigenvalue weighted by Crippen LogP contribution is -2.53. The van der Waals surface area contributed by atoms with Crippen LogP contribution in [0.2, 0.25) is 0 Å². The molecule has 0 saturated heterocycles. The molecular weight excluding hydrogens is 549 g/mol. The van der Waals surface area contributed by atoms with Gasteiger partial charge < -0.3 is 10.2 Å². The number of amides is 2. The first-order valence-corrected chi connectivity index (χ1v) is 13.8. The number of sulfonamides is 1. The van der Waals surface area contributed by atoms with Crippen LogP contribution in [0.15, 0.2) is 83.3 Å². The molecule has 10 heteroatoms. The van der Waals surface area contributed by atoms with Crippen LogP contribution < -0.4 is 9.62 Å². The number of para-hydroxylation sites is 1. The highest BCUT2D eigenvalue weighted by Gasteiger charge is 2.33. The molecule has 0 aliphatic carbocycles. The maximum absolute atomic E-state index is 14.5. The quantitative estimate of drug-likeness (QED) is 0.399. The number of nitrogens with one attached hydrogen (secondary N) is 1. The zero-order chi connectivity index (χ0) is 26.3. The fourth-order valence-electron chi connectivity index (χ4n) is 3.80. The molecule has 1 N–H and O–H groups in total. The minimum absolute atomic E-state index is 0.0397. The molecule has 0 fully saturated rings. The summed E-state index contributed by atoms with van der Waals surface area (Å²) in [4.78, 5) is 28.1. The van der Waals surface area contributed by atoms with E-state index in [1.807, 2.05) is 42.5 Å². The number of anilines is 1. The van der Waals surface area contributed by atoms with Crippen molar-refractivity contribution in [2.24, 2.45) is 0 Å². The van der Waals surface area contributed by atoms with Gasteiger partial charge in [-0.25, -0.2) is 12.8 Å². The Morgan fingerprint density at radius 1 is 0.972 bits per heavy atom. The van der Waals surface area contributed by atoms with Crippen LogP contribution in [0.5, 0.6) is 0 Å². The van der Waals surface area contributed by atoms with Gasteiger partial charge in [-0.3, -0.25) is 13.9 Å². The Bertz CT molecular complexity index is 1320. The van der Waals surface area contributed by atoms with Gasteiger partial charge in [0.15, 0.2) is 0 Å². The molecular formula is C26H27BrFN3O4S. The molecule has 3 aromatic carbocycles. The second-order valence-corrected chi connectivity index (χ2v) is 11.0. The molecule has 0 aromatic heterocycles. The second kappa shape index (κ2) is 12.1.